The zero-order chi connectivity index (χ0) is 13.5. The molecule has 1 unspecified atom stereocenters. The van der Waals surface area contributed by atoms with Crippen LogP contribution < -0.4 is 4.72 Å². The van der Waals surface area contributed by atoms with Crippen molar-refractivity contribution < 1.29 is 8.42 Å². The molecule has 1 aromatic carbocycles. The largest absolute Gasteiger partial charge is 0.284 e. The molecule has 0 bridgehead atoms. The average molecular weight is 277 g/mol. The Hall–Kier alpha value is -1.66. The summed E-state index contributed by atoms with van der Waals surface area (Å²) in [4.78, 5) is 0.174. The minimum atomic E-state index is -3.50. The normalized spacial score (nSPS) is 18.5. The van der Waals surface area contributed by atoms with Crippen molar-refractivity contribution in [2.24, 2.45) is 0 Å². The first-order valence-corrected chi connectivity index (χ1v) is 7.65. The van der Waals surface area contributed by atoms with Gasteiger partial charge in [0.05, 0.1) is 6.20 Å². The molecule has 0 fully saturated rings. The number of aromatic nitrogens is 2. The molecule has 100 valence electrons. The van der Waals surface area contributed by atoms with Crippen LogP contribution in [-0.2, 0) is 16.4 Å². The van der Waals surface area contributed by atoms with Crippen LogP contribution in [-0.4, -0.2) is 18.6 Å². The summed E-state index contributed by atoms with van der Waals surface area (Å²) in [6.07, 6.45) is 4.41. The lowest BCUT2D eigenvalue weighted by molar-refractivity contribution is 0.554. The van der Waals surface area contributed by atoms with Crippen molar-refractivity contribution in [3.05, 3.63) is 47.3 Å². The predicted molar refractivity (Wildman–Crippen MR) is 71.2 cm³/mol. The molecule has 19 heavy (non-hydrogen) atoms. The van der Waals surface area contributed by atoms with Gasteiger partial charge in [-0.25, -0.2) is 13.1 Å². The molecule has 0 aliphatic heterocycles. The second kappa shape index (κ2) is 4.47. The van der Waals surface area contributed by atoms with E-state index in [9.17, 15) is 8.42 Å². The Morgan fingerprint density at radius 1 is 1.42 bits per heavy atom. The topological polar surface area (TPSA) is 74.8 Å². The third kappa shape index (κ3) is 2.29. The Morgan fingerprint density at radius 2 is 2.26 bits per heavy atom. The zero-order valence-corrected chi connectivity index (χ0v) is 11.4. The summed E-state index contributed by atoms with van der Waals surface area (Å²) in [5.41, 5.74) is 3.52. The van der Waals surface area contributed by atoms with E-state index in [0.717, 1.165) is 18.4 Å². The quantitative estimate of drug-likeness (QED) is 0.896. The first-order chi connectivity index (χ1) is 9.06. The number of nitrogens with zero attached hydrogens (tertiary/aromatic N) is 1. The predicted octanol–water partition coefficient (Wildman–Crippen LogP) is 1.68. The highest BCUT2D eigenvalue weighted by atomic mass is 32.2. The SMILES string of the molecule is Cc1ccc2c(c1)CCC2NS(=O)(=O)c1cn[nH]c1. The van der Waals surface area contributed by atoms with E-state index >= 15 is 0 Å². The van der Waals surface area contributed by atoms with Crippen LogP contribution in [0, 0.1) is 6.92 Å². The van der Waals surface area contributed by atoms with Gasteiger partial charge in [-0.1, -0.05) is 23.8 Å². The van der Waals surface area contributed by atoms with Gasteiger partial charge in [0, 0.05) is 12.2 Å². The number of hydrogen-bond acceptors (Lipinski definition) is 3. The van der Waals surface area contributed by atoms with E-state index in [1.165, 1.54) is 23.5 Å². The third-order valence-corrected chi connectivity index (χ3v) is 4.90. The van der Waals surface area contributed by atoms with Gasteiger partial charge in [0.25, 0.3) is 0 Å². The molecule has 3 rings (SSSR count). The van der Waals surface area contributed by atoms with Gasteiger partial charge in [-0.15, -0.1) is 0 Å². The number of benzene rings is 1. The van der Waals surface area contributed by atoms with E-state index in [1.807, 2.05) is 19.1 Å². The van der Waals surface area contributed by atoms with Crippen LogP contribution in [0.2, 0.25) is 0 Å². The summed E-state index contributed by atoms with van der Waals surface area (Å²) >= 11 is 0. The molecule has 1 aliphatic carbocycles. The fraction of sp³-hybridized carbons (Fsp3) is 0.308. The number of H-pyrrole nitrogens is 1. The van der Waals surface area contributed by atoms with Crippen LogP contribution in [0.1, 0.15) is 29.2 Å². The molecule has 0 saturated heterocycles. The lowest BCUT2D eigenvalue weighted by atomic mass is 10.1. The molecule has 5 nitrogen and oxygen atoms in total. The summed E-state index contributed by atoms with van der Waals surface area (Å²) in [7, 11) is -3.50. The van der Waals surface area contributed by atoms with Gasteiger partial charge < -0.3 is 0 Å². The van der Waals surface area contributed by atoms with Gasteiger partial charge in [0.2, 0.25) is 10.0 Å². The van der Waals surface area contributed by atoms with Crippen LogP contribution in [0.3, 0.4) is 0 Å². The number of aromatic amines is 1. The molecule has 6 heteroatoms. The van der Waals surface area contributed by atoms with E-state index in [-0.39, 0.29) is 10.9 Å². The molecule has 1 aliphatic rings. The summed E-state index contributed by atoms with van der Waals surface area (Å²) in [6.45, 7) is 2.04. The lowest BCUT2D eigenvalue weighted by Gasteiger charge is -2.13. The Bertz CT molecular complexity index is 693. The molecule has 0 saturated carbocycles. The summed E-state index contributed by atoms with van der Waals surface area (Å²) in [5.74, 6) is 0. The molecule has 2 N–H and O–H groups in total. The third-order valence-electron chi connectivity index (χ3n) is 3.46. The average Bonchev–Trinajstić information content (AvgIpc) is 2.98. The number of aryl methyl sites for hydroxylation is 2. The maximum absolute atomic E-state index is 12.2. The molecular formula is C13H15N3O2S. The molecule has 0 spiro atoms. The van der Waals surface area contributed by atoms with Gasteiger partial charge in [-0.3, -0.25) is 5.10 Å². The molecule has 1 aromatic heterocycles. The Morgan fingerprint density at radius 3 is 3.00 bits per heavy atom. The van der Waals surface area contributed by atoms with Gasteiger partial charge >= 0.3 is 0 Å². The maximum atomic E-state index is 12.2. The van der Waals surface area contributed by atoms with Crippen LogP contribution in [0.5, 0.6) is 0 Å². The van der Waals surface area contributed by atoms with Crippen molar-refractivity contribution >= 4 is 10.0 Å². The minimum absolute atomic E-state index is 0.143. The monoisotopic (exact) mass is 277 g/mol. The van der Waals surface area contributed by atoms with Gasteiger partial charge in [-0.05, 0) is 30.9 Å². The Balaban J connectivity index is 1.88. The molecular weight excluding hydrogens is 262 g/mol. The smallest absolute Gasteiger partial charge is 0.244 e. The van der Waals surface area contributed by atoms with Crippen molar-refractivity contribution in [1.29, 1.82) is 0 Å². The number of fused-ring (bicyclic) bond motifs is 1. The lowest BCUT2D eigenvalue weighted by Crippen LogP contribution is -2.27. The van der Waals surface area contributed by atoms with Crippen molar-refractivity contribution in [3.8, 4) is 0 Å². The van der Waals surface area contributed by atoms with E-state index in [1.54, 1.807) is 0 Å². The fourth-order valence-corrected chi connectivity index (χ4v) is 3.66. The van der Waals surface area contributed by atoms with Crippen molar-refractivity contribution in [2.45, 2.75) is 30.7 Å². The number of hydrogen-bond donors (Lipinski definition) is 2. The van der Waals surface area contributed by atoms with Crippen molar-refractivity contribution in [3.63, 3.8) is 0 Å². The summed E-state index contributed by atoms with van der Waals surface area (Å²) < 4.78 is 27.1. The van der Waals surface area contributed by atoms with Crippen molar-refractivity contribution in [2.75, 3.05) is 0 Å². The van der Waals surface area contributed by atoms with Gasteiger partial charge in [-0.2, -0.15) is 5.10 Å². The summed E-state index contributed by atoms with van der Waals surface area (Å²) in [5, 5.41) is 6.19. The first kappa shape index (κ1) is 12.4. The number of sulfonamides is 1. The number of nitrogens with one attached hydrogen (secondary N) is 2. The van der Waals surface area contributed by atoms with Crippen LogP contribution in [0.15, 0.2) is 35.5 Å². The van der Waals surface area contributed by atoms with Crippen LogP contribution >= 0.6 is 0 Å². The molecule has 2 aromatic rings. The molecule has 1 atom stereocenters. The van der Waals surface area contributed by atoms with Crippen LogP contribution in [0.25, 0.3) is 0 Å². The highest BCUT2D eigenvalue weighted by Gasteiger charge is 2.27. The fourth-order valence-electron chi connectivity index (χ4n) is 2.51. The standard InChI is InChI=1S/C13H15N3O2S/c1-9-2-4-12-10(6-9)3-5-13(12)16-19(17,18)11-7-14-15-8-11/h2,4,6-8,13,16H,3,5H2,1H3,(H,14,15). The van der Waals surface area contributed by atoms with Crippen molar-refractivity contribution in [1.82, 2.24) is 14.9 Å². The molecule has 0 amide bonds. The van der Waals surface area contributed by atoms with Crippen LogP contribution in [0.4, 0.5) is 0 Å². The first-order valence-electron chi connectivity index (χ1n) is 6.17. The highest BCUT2D eigenvalue weighted by Crippen LogP contribution is 2.32. The number of rotatable bonds is 3. The Kier molecular flexibility index (Phi) is 2.91. The molecule has 0 radical (unpaired) electrons. The van der Waals surface area contributed by atoms with E-state index in [0.29, 0.717) is 0 Å². The maximum Gasteiger partial charge on any atom is 0.244 e. The van der Waals surface area contributed by atoms with E-state index in [4.69, 9.17) is 0 Å². The van der Waals surface area contributed by atoms with Gasteiger partial charge in [0.1, 0.15) is 4.90 Å². The molecule has 1 heterocycles. The summed E-state index contributed by atoms with van der Waals surface area (Å²) in [6, 6.07) is 6.01. The van der Waals surface area contributed by atoms with E-state index in [2.05, 4.69) is 21.0 Å². The zero-order valence-electron chi connectivity index (χ0n) is 10.6. The minimum Gasteiger partial charge on any atom is -0.284 e. The second-order valence-electron chi connectivity index (χ2n) is 4.85. The second-order valence-corrected chi connectivity index (χ2v) is 6.56. The highest BCUT2D eigenvalue weighted by molar-refractivity contribution is 7.89. The van der Waals surface area contributed by atoms with E-state index < -0.39 is 10.0 Å². The van der Waals surface area contributed by atoms with Gasteiger partial charge in [0.15, 0.2) is 0 Å². The Labute approximate surface area is 112 Å².